The van der Waals surface area contributed by atoms with E-state index < -0.39 is 0 Å². The van der Waals surface area contributed by atoms with Gasteiger partial charge in [0.25, 0.3) is 0 Å². The summed E-state index contributed by atoms with van der Waals surface area (Å²) in [5, 5.41) is 2.92. The van der Waals surface area contributed by atoms with E-state index in [-0.39, 0.29) is 11.9 Å². The Kier molecular flexibility index (Phi) is 3.66. The summed E-state index contributed by atoms with van der Waals surface area (Å²) in [6, 6.07) is 1.67. The number of methoxy groups -OCH3 is 1. The van der Waals surface area contributed by atoms with Crippen LogP contribution in [0.1, 0.15) is 6.42 Å². The molecule has 1 aromatic rings. The molecule has 0 amide bonds. The third-order valence-corrected chi connectivity index (χ3v) is 1.54. The molecule has 1 aromatic heterocycles. The first-order valence-corrected chi connectivity index (χ1v) is 4.11. The van der Waals surface area contributed by atoms with Crippen LogP contribution in [0.3, 0.4) is 0 Å². The zero-order chi connectivity index (χ0) is 10.4. The molecule has 1 rings (SSSR count). The summed E-state index contributed by atoms with van der Waals surface area (Å²) in [6.07, 6.45) is 1.84. The van der Waals surface area contributed by atoms with Gasteiger partial charge >= 0.3 is 5.97 Å². The molecule has 0 spiro atoms. The van der Waals surface area contributed by atoms with E-state index in [1.54, 1.807) is 12.3 Å². The highest BCUT2D eigenvalue weighted by molar-refractivity contribution is 5.69. The van der Waals surface area contributed by atoms with Crippen LogP contribution in [0, 0.1) is 0 Å². The summed E-state index contributed by atoms with van der Waals surface area (Å²) < 4.78 is 4.48. The van der Waals surface area contributed by atoms with Gasteiger partial charge < -0.3 is 15.8 Å². The minimum Gasteiger partial charge on any atom is -0.469 e. The minimum absolute atomic E-state index is 0.202. The van der Waals surface area contributed by atoms with Crippen LogP contribution in [0.15, 0.2) is 12.3 Å². The Hall–Kier alpha value is -1.85. The van der Waals surface area contributed by atoms with Crippen LogP contribution in [-0.2, 0) is 9.53 Å². The fraction of sp³-hybridized carbons (Fsp3) is 0.375. The van der Waals surface area contributed by atoms with Crippen LogP contribution < -0.4 is 11.1 Å². The van der Waals surface area contributed by atoms with Gasteiger partial charge in [-0.3, -0.25) is 4.79 Å². The fourth-order valence-corrected chi connectivity index (χ4v) is 0.867. The highest BCUT2D eigenvalue weighted by atomic mass is 16.5. The summed E-state index contributed by atoms with van der Waals surface area (Å²) in [5.74, 6) is 0.536. The van der Waals surface area contributed by atoms with Crippen LogP contribution in [0.2, 0.25) is 0 Å². The lowest BCUT2D eigenvalue weighted by atomic mass is 10.4. The van der Waals surface area contributed by atoms with Crippen molar-refractivity contribution in [3.63, 3.8) is 0 Å². The van der Waals surface area contributed by atoms with E-state index in [0.717, 1.165) is 0 Å². The highest BCUT2D eigenvalue weighted by Gasteiger charge is 1.99. The predicted molar refractivity (Wildman–Crippen MR) is 51.6 cm³/mol. The van der Waals surface area contributed by atoms with Crippen molar-refractivity contribution in [2.45, 2.75) is 6.42 Å². The standard InChI is InChI=1S/C8H12N4O2/c1-14-7(13)3-5-10-6-2-4-11-8(9)12-6/h2,4H,3,5H2,1H3,(H3,9,10,11,12). The number of esters is 1. The fourth-order valence-electron chi connectivity index (χ4n) is 0.867. The zero-order valence-electron chi connectivity index (χ0n) is 7.86. The number of hydrogen-bond acceptors (Lipinski definition) is 6. The van der Waals surface area contributed by atoms with Crippen molar-refractivity contribution in [2.24, 2.45) is 0 Å². The topological polar surface area (TPSA) is 90.1 Å². The van der Waals surface area contributed by atoms with Gasteiger partial charge in [0.1, 0.15) is 5.82 Å². The summed E-state index contributed by atoms with van der Waals surface area (Å²) in [4.78, 5) is 18.4. The monoisotopic (exact) mass is 196 g/mol. The Bertz CT molecular complexity index is 316. The molecule has 0 aliphatic rings. The van der Waals surface area contributed by atoms with Gasteiger partial charge in [-0.05, 0) is 6.07 Å². The third-order valence-electron chi connectivity index (χ3n) is 1.54. The quantitative estimate of drug-likeness (QED) is 0.660. The third kappa shape index (κ3) is 3.26. The number of anilines is 2. The van der Waals surface area contributed by atoms with Crippen molar-refractivity contribution in [2.75, 3.05) is 24.7 Å². The number of ether oxygens (including phenoxy) is 1. The van der Waals surface area contributed by atoms with Crippen molar-refractivity contribution in [3.8, 4) is 0 Å². The lowest BCUT2D eigenvalue weighted by Gasteiger charge is -2.03. The Morgan fingerprint density at radius 1 is 1.71 bits per heavy atom. The molecule has 3 N–H and O–H groups in total. The number of rotatable bonds is 4. The molecule has 0 atom stereocenters. The van der Waals surface area contributed by atoms with Crippen molar-refractivity contribution in [1.82, 2.24) is 9.97 Å². The molecule has 76 valence electrons. The average Bonchev–Trinajstić information content (AvgIpc) is 2.17. The second-order valence-electron chi connectivity index (χ2n) is 2.55. The number of aromatic nitrogens is 2. The Labute approximate surface area is 81.5 Å². The molecule has 6 nitrogen and oxygen atoms in total. The zero-order valence-corrected chi connectivity index (χ0v) is 7.86. The van der Waals surface area contributed by atoms with Gasteiger partial charge in [0.05, 0.1) is 13.5 Å². The lowest BCUT2D eigenvalue weighted by molar-refractivity contribution is -0.140. The van der Waals surface area contributed by atoms with Gasteiger partial charge in [-0.1, -0.05) is 0 Å². The smallest absolute Gasteiger partial charge is 0.307 e. The maximum atomic E-state index is 10.7. The maximum absolute atomic E-state index is 10.7. The van der Waals surface area contributed by atoms with Gasteiger partial charge in [0.15, 0.2) is 0 Å². The highest BCUT2D eigenvalue weighted by Crippen LogP contribution is 2.02. The summed E-state index contributed by atoms with van der Waals surface area (Å²) in [5.41, 5.74) is 5.36. The molecular weight excluding hydrogens is 184 g/mol. The molecule has 1 heterocycles. The second kappa shape index (κ2) is 5.00. The predicted octanol–water partition coefficient (Wildman–Crippen LogP) is 0.0338. The van der Waals surface area contributed by atoms with Gasteiger partial charge in [0.2, 0.25) is 5.95 Å². The normalized spacial score (nSPS) is 9.50. The molecule has 0 unspecified atom stereocenters. The average molecular weight is 196 g/mol. The SMILES string of the molecule is COC(=O)CCNc1ccnc(N)n1. The maximum Gasteiger partial charge on any atom is 0.307 e. The number of nitrogens with zero attached hydrogens (tertiary/aromatic N) is 2. The van der Waals surface area contributed by atoms with Gasteiger partial charge in [-0.15, -0.1) is 0 Å². The molecular formula is C8H12N4O2. The first kappa shape index (κ1) is 10.2. The van der Waals surface area contributed by atoms with E-state index in [1.165, 1.54) is 7.11 Å². The first-order valence-electron chi connectivity index (χ1n) is 4.11. The molecule has 0 saturated carbocycles. The van der Waals surface area contributed by atoms with E-state index in [9.17, 15) is 4.79 Å². The molecule has 0 saturated heterocycles. The molecule has 0 aliphatic carbocycles. The van der Waals surface area contributed by atoms with E-state index in [1.807, 2.05) is 0 Å². The molecule has 0 aliphatic heterocycles. The van der Waals surface area contributed by atoms with Crippen LogP contribution in [0.25, 0.3) is 0 Å². The van der Waals surface area contributed by atoms with E-state index in [2.05, 4.69) is 20.0 Å². The van der Waals surface area contributed by atoms with E-state index >= 15 is 0 Å². The van der Waals surface area contributed by atoms with Gasteiger partial charge in [-0.2, -0.15) is 4.98 Å². The van der Waals surface area contributed by atoms with Crippen LogP contribution >= 0.6 is 0 Å². The number of carbonyl (C=O) groups is 1. The molecule has 0 fully saturated rings. The second-order valence-corrected chi connectivity index (χ2v) is 2.55. The van der Waals surface area contributed by atoms with Crippen molar-refractivity contribution < 1.29 is 9.53 Å². The number of nitrogens with two attached hydrogens (primary N) is 1. The van der Waals surface area contributed by atoms with Crippen LogP contribution in [0.4, 0.5) is 11.8 Å². The van der Waals surface area contributed by atoms with Crippen LogP contribution in [-0.4, -0.2) is 29.6 Å². The van der Waals surface area contributed by atoms with Gasteiger partial charge in [-0.25, -0.2) is 4.98 Å². The van der Waals surface area contributed by atoms with Gasteiger partial charge in [0, 0.05) is 12.7 Å². The molecule has 0 aromatic carbocycles. The van der Waals surface area contributed by atoms with Crippen molar-refractivity contribution in [1.29, 1.82) is 0 Å². The number of hydrogen-bond donors (Lipinski definition) is 2. The van der Waals surface area contributed by atoms with E-state index in [0.29, 0.717) is 18.8 Å². The number of carbonyl (C=O) groups excluding carboxylic acids is 1. The summed E-state index contributed by atoms with van der Waals surface area (Å²) in [6.45, 7) is 0.461. The lowest BCUT2D eigenvalue weighted by Crippen LogP contribution is -2.11. The summed E-state index contributed by atoms with van der Waals surface area (Å²) in [7, 11) is 1.35. The first-order chi connectivity index (χ1) is 6.72. The van der Waals surface area contributed by atoms with E-state index in [4.69, 9.17) is 5.73 Å². The van der Waals surface area contributed by atoms with Crippen molar-refractivity contribution in [3.05, 3.63) is 12.3 Å². The summed E-state index contributed by atoms with van der Waals surface area (Å²) >= 11 is 0. The largest absolute Gasteiger partial charge is 0.469 e. The Balaban J connectivity index is 2.35. The number of nitrogens with one attached hydrogen (secondary N) is 1. The molecule has 6 heteroatoms. The Morgan fingerprint density at radius 2 is 2.50 bits per heavy atom. The Morgan fingerprint density at radius 3 is 3.14 bits per heavy atom. The van der Waals surface area contributed by atoms with Crippen LogP contribution in [0.5, 0.6) is 0 Å². The minimum atomic E-state index is -0.264. The molecule has 14 heavy (non-hydrogen) atoms. The van der Waals surface area contributed by atoms with Crippen molar-refractivity contribution >= 4 is 17.7 Å². The number of nitrogen functional groups attached to an aromatic ring is 1. The molecule has 0 radical (unpaired) electrons. The molecule has 0 bridgehead atoms.